The fourth-order valence-electron chi connectivity index (χ4n) is 3.02. The lowest BCUT2D eigenvalue weighted by molar-refractivity contribution is 0.100. The van der Waals surface area contributed by atoms with Crippen LogP contribution >= 0.6 is 23.2 Å². The Kier molecular flexibility index (Phi) is 6.26. The Hall–Kier alpha value is -3.94. The molecule has 0 aliphatic rings. The first-order valence-corrected chi connectivity index (χ1v) is 10.5. The zero-order valence-corrected chi connectivity index (χ0v) is 18.8. The van der Waals surface area contributed by atoms with Crippen molar-refractivity contribution in [2.24, 2.45) is 0 Å². The number of ketones is 1. The number of nitrogen functional groups attached to an aromatic ring is 1. The summed E-state index contributed by atoms with van der Waals surface area (Å²) in [5.74, 6) is 0.887. The standard InChI is InChI=1S/C21H17Cl2N9O/c1-11(33)20-30-18-9-16(14-4-3-13(22)8-15(14)23)28-21(32(18)31-20)27-7-6-26-17-5-2-12(10-24)19(25)29-17/h2-5,8-9H,6-7H2,1H3,(H,27,28)(H3,25,26,29). The van der Waals surface area contributed by atoms with Gasteiger partial charge in [-0.25, -0.2) is 15.0 Å². The van der Waals surface area contributed by atoms with Crippen LogP contribution < -0.4 is 16.4 Å². The number of fused-ring (bicyclic) bond motifs is 1. The molecule has 0 aliphatic carbocycles. The molecule has 0 fully saturated rings. The van der Waals surface area contributed by atoms with Crippen molar-refractivity contribution in [2.45, 2.75) is 6.92 Å². The molecule has 0 atom stereocenters. The molecular formula is C21H17Cl2N9O. The number of hydrogen-bond acceptors (Lipinski definition) is 9. The molecule has 0 unspecified atom stereocenters. The van der Waals surface area contributed by atoms with E-state index in [1.165, 1.54) is 11.4 Å². The fourth-order valence-corrected chi connectivity index (χ4v) is 3.53. The molecule has 1 aromatic carbocycles. The molecule has 33 heavy (non-hydrogen) atoms. The predicted molar refractivity (Wildman–Crippen MR) is 127 cm³/mol. The number of halogens is 2. The second-order valence-electron chi connectivity index (χ2n) is 6.95. The minimum absolute atomic E-state index is 0.0783. The van der Waals surface area contributed by atoms with Gasteiger partial charge in [0, 0.05) is 36.7 Å². The van der Waals surface area contributed by atoms with Crippen molar-refractivity contribution in [3.8, 4) is 17.3 Å². The number of rotatable bonds is 7. The molecule has 0 saturated heterocycles. The molecule has 0 amide bonds. The topological polar surface area (TPSA) is 147 Å². The van der Waals surface area contributed by atoms with Crippen molar-refractivity contribution in [1.29, 1.82) is 5.26 Å². The maximum absolute atomic E-state index is 11.8. The van der Waals surface area contributed by atoms with Gasteiger partial charge in [-0.15, -0.1) is 5.10 Å². The Morgan fingerprint density at radius 3 is 2.61 bits per heavy atom. The SMILES string of the molecule is CC(=O)c1nc2cc(-c3ccc(Cl)cc3Cl)nc(NCCNc3ccc(C#N)c(N)n3)n2n1. The molecule has 4 rings (SSSR count). The number of nitrogens with one attached hydrogen (secondary N) is 2. The molecule has 0 radical (unpaired) electrons. The van der Waals surface area contributed by atoms with Gasteiger partial charge >= 0.3 is 0 Å². The third kappa shape index (κ3) is 4.79. The van der Waals surface area contributed by atoms with E-state index in [1.807, 2.05) is 6.07 Å². The number of anilines is 3. The first-order valence-electron chi connectivity index (χ1n) is 9.74. The lowest BCUT2D eigenvalue weighted by Gasteiger charge is -2.11. The van der Waals surface area contributed by atoms with Crippen molar-refractivity contribution in [2.75, 3.05) is 29.5 Å². The van der Waals surface area contributed by atoms with Crippen LogP contribution in [-0.4, -0.2) is 43.4 Å². The van der Waals surface area contributed by atoms with Gasteiger partial charge in [-0.05, 0) is 30.3 Å². The Morgan fingerprint density at radius 1 is 1.12 bits per heavy atom. The molecule has 3 heterocycles. The van der Waals surface area contributed by atoms with E-state index in [0.29, 0.717) is 57.4 Å². The van der Waals surface area contributed by atoms with Gasteiger partial charge in [0.15, 0.2) is 11.4 Å². The number of nitrogens with zero attached hydrogens (tertiary/aromatic N) is 6. The van der Waals surface area contributed by atoms with E-state index in [2.05, 4.69) is 30.7 Å². The number of carbonyl (C=O) groups excluding carboxylic acids is 1. The molecule has 12 heteroatoms. The van der Waals surface area contributed by atoms with Gasteiger partial charge in [-0.3, -0.25) is 4.79 Å². The number of hydrogen-bond donors (Lipinski definition) is 3. The highest BCUT2D eigenvalue weighted by Gasteiger charge is 2.16. The van der Waals surface area contributed by atoms with E-state index in [9.17, 15) is 4.79 Å². The highest BCUT2D eigenvalue weighted by atomic mass is 35.5. The molecule has 0 spiro atoms. The van der Waals surface area contributed by atoms with Crippen LogP contribution in [0, 0.1) is 11.3 Å². The van der Waals surface area contributed by atoms with E-state index in [4.69, 9.17) is 34.2 Å². The van der Waals surface area contributed by atoms with Crippen LogP contribution in [0.5, 0.6) is 0 Å². The number of Topliss-reactive ketones (excluding diaryl/α,β-unsaturated/α-hetero) is 1. The van der Waals surface area contributed by atoms with Crippen molar-refractivity contribution in [3.05, 3.63) is 57.8 Å². The van der Waals surface area contributed by atoms with Crippen molar-refractivity contribution in [3.63, 3.8) is 0 Å². The van der Waals surface area contributed by atoms with Gasteiger partial charge in [-0.1, -0.05) is 23.2 Å². The number of benzene rings is 1. The third-order valence-corrected chi connectivity index (χ3v) is 5.15. The summed E-state index contributed by atoms with van der Waals surface area (Å²) < 4.78 is 1.46. The van der Waals surface area contributed by atoms with Crippen LogP contribution in [-0.2, 0) is 0 Å². The van der Waals surface area contributed by atoms with E-state index >= 15 is 0 Å². The summed E-state index contributed by atoms with van der Waals surface area (Å²) in [4.78, 5) is 24.9. The van der Waals surface area contributed by atoms with Gasteiger partial charge in [-0.2, -0.15) is 9.78 Å². The average molecular weight is 482 g/mol. The summed E-state index contributed by atoms with van der Waals surface area (Å²) in [6.45, 7) is 2.28. The number of pyridine rings is 1. The van der Waals surface area contributed by atoms with E-state index < -0.39 is 0 Å². The number of aromatic nitrogens is 5. The summed E-state index contributed by atoms with van der Waals surface area (Å²) in [7, 11) is 0. The Bertz CT molecular complexity index is 1410. The Morgan fingerprint density at radius 2 is 1.91 bits per heavy atom. The minimum Gasteiger partial charge on any atom is -0.383 e. The second-order valence-corrected chi connectivity index (χ2v) is 7.79. The summed E-state index contributed by atoms with van der Waals surface area (Å²) in [6, 6.07) is 12.0. The van der Waals surface area contributed by atoms with Gasteiger partial charge < -0.3 is 16.4 Å². The maximum atomic E-state index is 11.8. The third-order valence-electron chi connectivity index (χ3n) is 4.61. The Balaban J connectivity index is 1.59. The van der Waals surface area contributed by atoms with Gasteiger partial charge in [0.2, 0.25) is 11.8 Å². The highest BCUT2D eigenvalue weighted by Crippen LogP contribution is 2.30. The zero-order chi connectivity index (χ0) is 23.5. The minimum atomic E-state index is -0.262. The van der Waals surface area contributed by atoms with Crippen LogP contribution in [0.2, 0.25) is 10.0 Å². The molecule has 4 aromatic rings. The monoisotopic (exact) mass is 481 g/mol. The van der Waals surface area contributed by atoms with Crippen LogP contribution in [0.4, 0.5) is 17.6 Å². The first-order chi connectivity index (χ1) is 15.9. The second kappa shape index (κ2) is 9.28. The van der Waals surface area contributed by atoms with Gasteiger partial charge in [0.05, 0.1) is 16.3 Å². The van der Waals surface area contributed by atoms with Crippen LogP contribution in [0.3, 0.4) is 0 Å². The molecule has 10 nitrogen and oxygen atoms in total. The van der Waals surface area contributed by atoms with E-state index in [0.717, 1.165) is 0 Å². The van der Waals surface area contributed by atoms with Gasteiger partial charge in [0.1, 0.15) is 17.7 Å². The van der Waals surface area contributed by atoms with Crippen molar-refractivity contribution >= 4 is 52.2 Å². The molecular weight excluding hydrogens is 465 g/mol. The maximum Gasteiger partial charge on any atom is 0.226 e. The summed E-state index contributed by atoms with van der Waals surface area (Å²) in [5, 5.41) is 20.4. The summed E-state index contributed by atoms with van der Waals surface area (Å²) in [5.41, 5.74) is 7.71. The molecule has 0 saturated carbocycles. The number of nitrogens with two attached hydrogens (primary N) is 1. The molecule has 166 valence electrons. The smallest absolute Gasteiger partial charge is 0.226 e. The molecule has 3 aromatic heterocycles. The first kappa shape index (κ1) is 22.3. The number of nitriles is 1. The molecule has 0 aliphatic heterocycles. The quantitative estimate of drug-likeness (QED) is 0.265. The number of carbonyl (C=O) groups is 1. The molecule has 4 N–H and O–H groups in total. The van der Waals surface area contributed by atoms with Crippen molar-refractivity contribution < 1.29 is 4.79 Å². The van der Waals surface area contributed by atoms with Gasteiger partial charge in [0.25, 0.3) is 0 Å². The summed E-state index contributed by atoms with van der Waals surface area (Å²) >= 11 is 12.4. The van der Waals surface area contributed by atoms with Crippen molar-refractivity contribution in [1.82, 2.24) is 24.6 Å². The van der Waals surface area contributed by atoms with E-state index in [-0.39, 0.29) is 17.4 Å². The van der Waals surface area contributed by atoms with Crippen LogP contribution in [0.1, 0.15) is 23.1 Å². The van der Waals surface area contributed by atoms with Crippen LogP contribution in [0.25, 0.3) is 16.9 Å². The largest absolute Gasteiger partial charge is 0.383 e. The normalized spacial score (nSPS) is 10.7. The van der Waals surface area contributed by atoms with Crippen LogP contribution in [0.15, 0.2) is 36.4 Å². The Labute approximate surface area is 198 Å². The zero-order valence-electron chi connectivity index (χ0n) is 17.3. The average Bonchev–Trinajstić information content (AvgIpc) is 3.21. The highest BCUT2D eigenvalue weighted by molar-refractivity contribution is 6.36. The van der Waals surface area contributed by atoms with E-state index in [1.54, 1.807) is 36.4 Å². The lowest BCUT2D eigenvalue weighted by atomic mass is 10.1. The lowest BCUT2D eigenvalue weighted by Crippen LogP contribution is -2.17. The fraction of sp³-hybridized carbons (Fsp3) is 0.143. The molecule has 0 bridgehead atoms. The predicted octanol–water partition coefficient (Wildman–Crippen LogP) is 3.67. The summed E-state index contributed by atoms with van der Waals surface area (Å²) in [6.07, 6.45) is 0.